The van der Waals surface area contributed by atoms with Gasteiger partial charge in [-0.25, -0.2) is 0 Å². The highest BCUT2D eigenvalue weighted by Crippen LogP contribution is 2.28. The van der Waals surface area contributed by atoms with Gasteiger partial charge < -0.3 is 0 Å². The van der Waals surface area contributed by atoms with Crippen LogP contribution in [0.15, 0.2) is 0 Å². The molecule has 1 saturated heterocycles. The number of thioether (sulfide) groups is 1. The van der Waals surface area contributed by atoms with Gasteiger partial charge in [-0.15, -0.1) is 0 Å². The zero-order chi connectivity index (χ0) is 11.2. The predicted molar refractivity (Wildman–Crippen MR) is 69.5 cm³/mol. The summed E-state index contributed by atoms with van der Waals surface area (Å²) < 4.78 is 0. The summed E-state index contributed by atoms with van der Waals surface area (Å²) in [6.45, 7) is 2.42. The smallest absolute Gasteiger partial charge is 0.0672 e. The summed E-state index contributed by atoms with van der Waals surface area (Å²) in [6.07, 6.45) is 7.61. The van der Waals surface area contributed by atoms with Crippen molar-refractivity contribution in [3.8, 4) is 6.07 Å². The van der Waals surface area contributed by atoms with Gasteiger partial charge in [0.1, 0.15) is 0 Å². The van der Waals surface area contributed by atoms with Crippen LogP contribution in [0.5, 0.6) is 0 Å². The second-order valence-corrected chi connectivity index (χ2v) is 6.17. The van der Waals surface area contributed by atoms with Crippen LogP contribution in [0.2, 0.25) is 0 Å². The van der Waals surface area contributed by atoms with E-state index in [1.807, 2.05) is 0 Å². The number of nitriles is 1. The molecule has 0 spiro atoms. The maximum absolute atomic E-state index is 9.31. The number of hydrogen-bond acceptors (Lipinski definition) is 3. The molecule has 2 aliphatic rings. The Morgan fingerprint density at radius 3 is 2.75 bits per heavy atom. The Morgan fingerprint density at radius 2 is 1.88 bits per heavy atom. The Hall–Kier alpha value is -0.200. The van der Waals surface area contributed by atoms with Crippen molar-refractivity contribution in [2.45, 2.75) is 44.6 Å². The first kappa shape index (κ1) is 12.3. The van der Waals surface area contributed by atoms with E-state index in [0.717, 1.165) is 6.42 Å². The van der Waals surface area contributed by atoms with Crippen LogP contribution < -0.4 is 0 Å². The van der Waals surface area contributed by atoms with E-state index in [4.69, 9.17) is 0 Å². The molecule has 2 unspecified atom stereocenters. The summed E-state index contributed by atoms with van der Waals surface area (Å²) >= 11 is 2.07. The first-order valence-corrected chi connectivity index (χ1v) is 7.78. The van der Waals surface area contributed by atoms with Crippen LogP contribution in [-0.2, 0) is 0 Å². The van der Waals surface area contributed by atoms with Gasteiger partial charge in [-0.2, -0.15) is 17.0 Å². The summed E-state index contributed by atoms with van der Waals surface area (Å²) in [5, 5.41) is 9.31. The fraction of sp³-hybridized carbons (Fsp3) is 0.923. The summed E-state index contributed by atoms with van der Waals surface area (Å²) in [5.41, 5.74) is 0. The second kappa shape index (κ2) is 6.51. The van der Waals surface area contributed by atoms with Crippen LogP contribution >= 0.6 is 11.8 Å². The largest absolute Gasteiger partial charge is 0.298 e. The average Bonchev–Trinajstić information content (AvgIpc) is 2.70. The van der Waals surface area contributed by atoms with Gasteiger partial charge in [0.25, 0.3) is 0 Å². The van der Waals surface area contributed by atoms with Crippen LogP contribution in [-0.4, -0.2) is 35.5 Å². The van der Waals surface area contributed by atoms with Gasteiger partial charge in [0.2, 0.25) is 0 Å². The lowest BCUT2D eigenvalue weighted by Gasteiger charge is -2.32. The van der Waals surface area contributed by atoms with Crippen molar-refractivity contribution >= 4 is 11.8 Å². The zero-order valence-corrected chi connectivity index (χ0v) is 10.8. The third-order valence-electron chi connectivity index (χ3n) is 3.87. The minimum atomic E-state index is 0.297. The maximum Gasteiger partial charge on any atom is 0.0672 e. The molecule has 16 heavy (non-hydrogen) atoms. The van der Waals surface area contributed by atoms with Crippen LogP contribution in [0.25, 0.3) is 0 Å². The monoisotopic (exact) mass is 238 g/mol. The Labute approximate surface area is 103 Å². The summed E-state index contributed by atoms with van der Waals surface area (Å²) in [7, 11) is 0. The predicted octanol–water partition coefficient (Wildman–Crippen LogP) is 2.90. The first-order chi connectivity index (χ1) is 7.92. The summed E-state index contributed by atoms with van der Waals surface area (Å²) in [4.78, 5) is 2.61. The van der Waals surface area contributed by atoms with E-state index in [0.29, 0.717) is 12.0 Å². The van der Waals surface area contributed by atoms with Crippen LogP contribution in [0.3, 0.4) is 0 Å². The molecule has 1 aliphatic heterocycles. The third kappa shape index (κ3) is 3.15. The lowest BCUT2D eigenvalue weighted by atomic mass is 9.94. The molecule has 3 heteroatoms. The van der Waals surface area contributed by atoms with E-state index in [-0.39, 0.29) is 0 Å². The number of hydrogen-bond donors (Lipinski definition) is 0. The molecule has 2 fully saturated rings. The van der Waals surface area contributed by atoms with E-state index in [1.165, 1.54) is 56.7 Å². The Morgan fingerprint density at radius 1 is 1.00 bits per heavy atom. The zero-order valence-electron chi connectivity index (χ0n) is 10.0. The molecule has 90 valence electrons. The van der Waals surface area contributed by atoms with Crippen molar-refractivity contribution in [2.24, 2.45) is 5.92 Å². The lowest BCUT2D eigenvalue weighted by molar-refractivity contribution is 0.165. The van der Waals surface area contributed by atoms with Crippen LogP contribution in [0.4, 0.5) is 0 Å². The molecular formula is C13H22N2S. The summed E-state index contributed by atoms with van der Waals surface area (Å²) in [5.74, 6) is 2.86. The van der Waals surface area contributed by atoms with Gasteiger partial charge in [-0.05, 0) is 31.6 Å². The SMILES string of the molecule is N#CC1CCCCCC1N1CCCSCC1. The molecule has 1 saturated carbocycles. The molecule has 0 aromatic carbocycles. The molecule has 0 radical (unpaired) electrons. The minimum Gasteiger partial charge on any atom is -0.298 e. The van der Waals surface area contributed by atoms with E-state index in [9.17, 15) is 5.26 Å². The van der Waals surface area contributed by atoms with E-state index in [2.05, 4.69) is 22.7 Å². The fourth-order valence-corrected chi connectivity index (χ4v) is 3.87. The van der Waals surface area contributed by atoms with Gasteiger partial charge in [0, 0.05) is 18.3 Å². The molecule has 0 amide bonds. The van der Waals surface area contributed by atoms with E-state index >= 15 is 0 Å². The van der Waals surface area contributed by atoms with Gasteiger partial charge in [0.05, 0.1) is 12.0 Å². The average molecular weight is 238 g/mol. The molecule has 2 nitrogen and oxygen atoms in total. The molecule has 0 aromatic heterocycles. The molecule has 1 heterocycles. The van der Waals surface area contributed by atoms with Crippen molar-refractivity contribution in [2.75, 3.05) is 24.6 Å². The van der Waals surface area contributed by atoms with Crippen molar-refractivity contribution < 1.29 is 0 Å². The van der Waals surface area contributed by atoms with Crippen molar-refractivity contribution in [3.05, 3.63) is 0 Å². The third-order valence-corrected chi connectivity index (χ3v) is 4.92. The van der Waals surface area contributed by atoms with Crippen LogP contribution in [0, 0.1) is 17.2 Å². The minimum absolute atomic E-state index is 0.297. The molecule has 0 aromatic rings. The van der Waals surface area contributed by atoms with Gasteiger partial charge in [0.15, 0.2) is 0 Å². The Balaban J connectivity index is 2.00. The number of nitrogens with zero attached hydrogens (tertiary/aromatic N) is 2. The number of rotatable bonds is 1. The molecule has 2 rings (SSSR count). The highest BCUT2D eigenvalue weighted by Gasteiger charge is 2.29. The highest BCUT2D eigenvalue weighted by atomic mass is 32.2. The first-order valence-electron chi connectivity index (χ1n) is 6.63. The van der Waals surface area contributed by atoms with Crippen molar-refractivity contribution in [1.29, 1.82) is 5.26 Å². The quantitative estimate of drug-likeness (QED) is 0.657. The van der Waals surface area contributed by atoms with E-state index < -0.39 is 0 Å². The maximum atomic E-state index is 9.31. The molecule has 1 aliphatic carbocycles. The van der Waals surface area contributed by atoms with Gasteiger partial charge >= 0.3 is 0 Å². The highest BCUT2D eigenvalue weighted by molar-refractivity contribution is 7.99. The Bertz CT molecular complexity index is 241. The molecule has 2 atom stereocenters. The fourth-order valence-electron chi connectivity index (χ4n) is 2.97. The topological polar surface area (TPSA) is 27.0 Å². The van der Waals surface area contributed by atoms with Crippen molar-refractivity contribution in [1.82, 2.24) is 4.90 Å². The van der Waals surface area contributed by atoms with Crippen molar-refractivity contribution in [3.63, 3.8) is 0 Å². The normalized spacial score (nSPS) is 33.7. The molecule has 0 bridgehead atoms. The van der Waals surface area contributed by atoms with Crippen LogP contribution in [0.1, 0.15) is 38.5 Å². The van der Waals surface area contributed by atoms with Gasteiger partial charge in [-0.1, -0.05) is 19.3 Å². The Kier molecular flexibility index (Phi) is 4.99. The second-order valence-electron chi connectivity index (χ2n) is 4.94. The summed E-state index contributed by atoms with van der Waals surface area (Å²) in [6, 6.07) is 3.12. The van der Waals surface area contributed by atoms with Gasteiger partial charge in [-0.3, -0.25) is 4.90 Å². The van der Waals surface area contributed by atoms with E-state index in [1.54, 1.807) is 0 Å². The standard InChI is InChI=1S/C13H22N2S/c14-11-12-5-2-1-3-6-13(12)15-7-4-9-16-10-8-15/h12-13H,1-10H2. The molecular weight excluding hydrogens is 216 g/mol. The lowest BCUT2D eigenvalue weighted by Crippen LogP contribution is -2.41. The molecule has 0 N–H and O–H groups in total.